The summed E-state index contributed by atoms with van der Waals surface area (Å²) in [4.78, 5) is 19.1. The normalized spacial score (nSPS) is 9.62. The van der Waals surface area contributed by atoms with Gasteiger partial charge in [0.15, 0.2) is 0 Å². The Kier molecular flexibility index (Phi) is 2.57. The fourth-order valence-electron chi connectivity index (χ4n) is 0.710. The monoisotopic (exact) mass is 245 g/mol. The van der Waals surface area contributed by atoms with Crippen molar-refractivity contribution >= 4 is 27.3 Å². The standard InChI is InChI=1S/C6H2BrN2O4/c7-4-1-5(8(10)11)3-6(2-4)9(12)13/h1,3H. The largest absolute Gasteiger partial charge is 0.285 e. The molecule has 0 bridgehead atoms. The smallest absolute Gasteiger partial charge is 0.258 e. The molecule has 1 aromatic rings. The van der Waals surface area contributed by atoms with Crippen LogP contribution >= 0.6 is 15.9 Å². The first kappa shape index (κ1) is 9.59. The lowest BCUT2D eigenvalue weighted by Crippen LogP contribution is -1.92. The molecule has 0 aliphatic heterocycles. The van der Waals surface area contributed by atoms with Crippen molar-refractivity contribution in [2.24, 2.45) is 0 Å². The van der Waals surface area contributed by atoms with Gasteiger partial charge in [0.25, 0.3) is 11.4 Å². The van der Waals surface area contributed by atoms with E-state index in [9.17, 15) is 20.2 Å². The molecular formula is C6H2BrN2O4. The number of halogens is 1. The van der Waals surface area contributed by atoms with E-state index in [-0.39, 0.29) is 10.2 Å². The Morgan fingerprint density at radius 3 is 2.31 bits per heavy atom. The second-order valence-electron chi connectivity index (χ2n) is 2.09. The van der Waals surface area contributed by atoms with E-state index in [2.05, 4.69) is 22.0 Å². The molecule has 1 radical (unpaired) electrons. The van der Waals surface area contributed by atoms with Gasteiger partial charge in [-0.1, -0.05) is 0 Å². The molecule has 6 nitrogen and oxygen atoms in total. The summed E-state index contributed by atoms with van der Waals surface area (Å²) in [5.74, 6) is 0. The minimum absolute atomic E-state index is 0.188. The molecule has 0 saturated heterocycles. The highest BCUT2D eigenvalue weighted by Gasteiger charge is 2.15. The molecule has 0 saturated carbocycles. The highest BCUT2D eigenvalue weighted by Crippen LogP contribution is 2.24. The van der Waals surface area contributed by atoms with Crippen LogP contribution in [0.2, 0.25) is 0 Å². The summed E-state index contributed by atoms with van der Waals surface area (Å²) in [5.41, 5.74) is -0.765. The lowest BCUT2D eigenvalue weighted by atomic mass is 10.3. The highest BCUT2D eigenvalue weighted by molar-refractivity contribution is 9.10. The first-order valence-electron chi connectivity index (χ1n) is 3.02. The van der Waals surface area contributed by atoms with Gasteiger partial charge in [0, 0.05) is 10.5 Å². The maximum absolute atomic E-state index is 10.3. The predicted octanol–water partition coefficient (Wildman–Crippen LogP) is 2.07. The molecule has 1 aromatic carbocycles. The van der Waals surface area contributed by atoms with Crippen LogP contribution in [-0.2, 0) is 0 Å². The summed E-state index contributed by atoms with van der Waals surface area (Å²) in [6, 6.07) is 4.31. The fourth-order valence-corrected chi connectivity index (χ4v) is 1.15. The number of benzene rings is 1. The van der Waals surface area contributed by atoms with Crippen molar-refractivity contribution in [3.63, 3.8) is 0 Å². The van der Waals surface area contributed by atoms with E-state index in [1.165, 1.54) is 0 Å². The van der Waals surface area contributed by atoms with Crippen LogP contribution in [0.3, 0.4) is 0 Å². The van der Waals surface area contributed by atoms with E-state index < -0.39 is 15.5 Å². The van der Waals surface area contributed by atoms with Crippen molar-refractivity contribution in [1.82, 2.24) is 0 Å². The van der Waals surface area contributed by atoms with Gasteiger partial charge in [-0.15, -0.1) is 0 Å². The van der Waals surface area contributed by atoms with E-state index in [0.717, 1.165) is 12.1 Å². The Morgan fingerprint density at radius 1 is 1.23 bits per heavy atom. The number of nitro benzene ring substituents is 2. The van der Waals surface area contributed by atoms with Gasteiger partial charge in [0.1, 0.15) is 0 Å². The number of hydrogen-bond acceptors (Lipinski definition) is 4. The van der Waals surface area contributed by atoms with E-state index >= 15 is 0 Å². The van der Waals surface area contributed by atoms with Crippen molar-refractivity contribution in [3.8, 4) is 0 Å². The minimum atomic E-state index is -0.738. The van der Waals surface area contributed by atoms with Crippen molar-refractivity contribution < 1.29 is 9.85 Å². The first-order valence-corrected chi connectivity index (χ1v) is 3.81. The second-order valence-corrected chi connectivity index (χ2v) is 2.94. The molecule has 7 heteroatoms. The predicted molar refractivity (Wildman–Crippen MR) is 46.3 cm³/mol. The molecular weight excluding hydrogens is 244 g/mol. The minimum Gasteiger partial charge on any atom is -0.258 e. The first-order chi connectivity index (χ1) is 6.00. The molecule has 0 aromatic heterocycles. The number of non-ortho nitro benzene ring substituents is 2. The average molecular weight is 246 g/mol. The summed E-state index contributed by atoms with van der Waals surface area (Å²) in [7, 11) is 0. The van der Waals surface area contributed by atoms with Crippen LogP contribution in [0.25, 0.3) is 0 Å². The zero-order valence-corrected chi connectivity index (χ0v) is 7.65. The molecule has 0 atom stereocenters. The molecule has 0 spiro atoms. The lowest BCUT2D eigenvalue weighted by molar-refractivity contribution is -0.394. The molecule has 13 heavy (non-hydrogen) atoms. The summed E-state index contributed by atoms with van der Waals surface area (Å²) in [6.45, 7) is 0. The van der Waals surface area contributed by atoms with Crippen molar-refractivity contribution in [1.29, 1.82) is 0 Å². The Hall–Kier alpha value is -1.50. The quantitative estimate of drug-likeness (QED) is 0.590. The Morgan fingerprint density at radius 2 is 1.85 bits per heavy atom. The maximum atomic E-state index is 10.3. The van der Waals surface area contributed by atoms with Gasteiger partial charge >= 0.3 is 0 Å². The molecule has 67 valence electrons. The van der Waals surface area contributed by atoms with E-state index in [4.69, 9.17) is 0 Å². The molecule has 1 rings (SSSR count). The lowest BCUT2D eigenvalue weighted by Gasteiger charge is -1.93. The Labute approximate surface area is 80.6 Å². The fraction of sp³-hybridized carbons (Fsp3) is 0. The second kappa shape index (κ2) is 3.48. The molecule has 0 aliphatic carbocycles. The zero-order chi connectivity index (χ0) is 10.0. The molecule has 0 unspecified atom stereocenters. The summed E-state index contributed by atoms with van der Waals surface area (Å²) in [5, 5.41) is 20.5. The number of nitrogens with zero attached hydrogens (tertiary/aromatic N) is 2. The van der Waals surface area contributed by atoms with E-state index in [0.29, 0.717) is 0 Å². The van der Waals surface area contributed by atoms with Crippen molar-refractivity contribution in [2.75, 3.05) is 0 Å². The van der Waals surface area contributed by atoms with Crippen LogP contribution in [-0.4, -0.2) is 9.85 Å². The van der Waals surface area contributed by atoms with Gasteiger partial charge in [-0.25, -0.2) is 0 Å². The maximum Gasteiger partial charge on any atom is 0.285 e. The van der Waals surface area contributed by atoms with Crippen LogP contribution < -0.4 is 0 Å². The van der Waals surface area contributed by atoms with Crippen LogP contribution in [0.1, 0.15) is 0 Å². The van der Waals surface area contributed by atoms with Gasteiger partial charge in [-0.3, -0.25) is 20.2 Å². The topological polar surface area (TPSA) is 86.3 Å². The van der Waals surface area contributed by atoms with Crippen molar-refractivity contribution in [2.45, 2.75) is 0 Å². The van der Waals surface area contributed by atoms with E-state index in [1.54, 1.807) is 0 Å². The number of rotatable bonds is 2. The van der Waals surface area contributed by atoms with E-state index in [1.807, 2.05) is 0 Å². The Balaban J connectivity index is 3.26. The zero-order valence-electron chi connectivity index (χ0n) is 6.06. The molecule has 0 fully saturated rings. The van der Waals surface area contributed by atoms with Gasteiger partial charge < -0.3 is 0 Å². The summed E-state index contributed by atoms with van der Waals surface area (Å²) >= 11 is 2.89. The van der Waals surface area contributed by atoms with Gasteiger partial charge in [0.2, 0.25) is 0 Å². The van der Waals surface area contributed by atoms with Crippen LogP contribution in [0.4, 0.5) is 11.4 Å². The summed E-state index contributed by atoms with van der Waals surface area (Å²) in [6.07, 6.45) is 0. The third-order valence-electron chi connectivity index (χ3n) is 1.21. The average Bonchev–Trinajstić information content (AvgIpc) is 2.03. The van der Waals surface area contributed by atoms with Gasteiger partial charge in [-0.2, -0.15) is 0 Å². The molecule has 0 aliphatic rings. The molecule has 0 heterocycles. The SMILES string of the molecule is O=[N+]([O-])c1[c]c(Br)cc([N+](=O)[O-])c1. The number of nitro groups is 2. The van der Waals surface area contributed by atoms with Gasteiger partial charge in [0.05, 0.1) is 22.0 Å². The van der Waals surface area contributed by atoms with Gasteiger partial charge in [-0.05, 0) is 15.9 Å². The molecule has 0 amide bonds. The highest BCUT2D eigenvalue weighted by atomic mass is 79.9. The van der Waals surface area contributed by atoms with Crippen molar-refractivity contribution in [3.05, 3.63) is 42.9 Å². The Bertz CT molecular complexity index is 347. The summed E-state index contributed by atoms with van der Waals surface area (Å²) < 4.78 is 0.188. The van der Waals surface area contributed by atoms with Crippen LogP contribution in [0.5, 0.6) is 0 Å². The van der Waals surface area contributed by atoms with Crippen LogP contribution in [0.15, 0.2) is 16.6 Å². The third kappa shape index (κ3) is 2.22. The third-order valence-corrected chi connectivity index (χ3v) is 1.64. The van der Waals surface area contributed by atoms with Crippen LogP contribution in [0, 0.1) is 26.3 Å². The molecule has 0 N–H and O–H groups in total. The number of hydrogen-bond donors (Lipinski definition) is 0.